The van der Waals surface area contributed by atoms with E-state index in [1.165, 1.54) is 0 Å². The molecule has 2 rings (SSSR count). The Labute approximate surface area is 95.6 Å². The van der Waals surface area contributed by atoms with E-state index in [0.717, 1.165) is 22.9 Å². The molecule has 1 saturated carbocycles. The zero-order valence-corrected chi connectivity index (χ0v) is 10.2. The summed E-state index contributed by atoms with van der Waals surface area (Å²) in [4.78, 5) is 0. The molecule has 0 atom stereocenters. The normalized spacial score (nSPS) is 33.2. The van der Waals surface area contributed by atoms with Gasteiger partial charge in [0.25, 0.3) is 0 Å². The number of hydrogen-bond acceptors (Lipinski definition) is 2. The Morgan fingerprint density at radius 2 is 2.07 bits per heavy atom. The van der Waals surface area contributed by atoms with E-state index in [2.05, 4.69) is 15.9 Å². The molecule has 4 heteroatoms. The SMILES string of the molecule is NC1CCC(F)(c2cscc2Br)CC1. The van der Waals surface area contributed by atoms with Crippen molar-refractivity contribution in [3.63, 3.8) is 0 Å². The van der Waals surface area contributed by atoms with Crippen molar-refractivity contribution >= 4 is 27.3 Å². The fourth-order valence-corrected chi connectivity index (χ4v) is 3.70. The molecule has 14 heavy (non-hydrogen) atoms. The van der Waals surface area contributed by atoms with Crippen LogP contribution in [0.2, 0.25) is 0 Å². The average Bonchev–Trinajstić information content (AvgIpc) is 2.58. The van der Waals surface area contributed by atoms with Crippen molar-refractivity contribution < 1.29 is 4.39 Å². The van der Waals surface area contributed by atoms with Gasteiger partial charge in [0.2, 0.25) is 0 Å². The van der Waals surface area contributed by atoms with Gasteiger partial charge in [0.15, 0.2) is 0 Å². The summed E-state index contributed by atoms with van der Waals surface area (Å²) < 4.78 is 15.4. The van der Waals surface area contributed by atoms with Gasteiger partial charge in [-0.15, -0.1) is 0 Å². The van der Waals surface area contributed by atoms with Crippen molar-refractivity contribution in [2.75, 3.05) is 0 Å². The van der Waals surface area contributed by atoms with Crippen molar-refractivity contribution in [3.05, 3.63) is 20.8 Å². The third-order valence-corrected chi connectivity index (χ3v) is 4.62. The first kappa shape index (κ1) is 10.6. The van der Waals surface area contributed by atoms with Crippen LogP contribution < -0.4 is 5.73 Å². The van der Waals surface area contributed by atoms with E-state index < -0.39 is 5.67 Å². The summed E-state index contributed by atoms with van der Waals surface area (Å²) in [5.74, 6) is 0. The first-order valence-corrected chi connectivity index (χ1v) is 6.52. The minimum Gasteiger partial charge on any atom is -0.328 e. The first-order valence-electron chi connectivity index (χ1n) is 4.78. The van der Waals surface area contributed by atoms with Gasteiger partial charge in [0.05, 0.1) is 0 Å². The van der Waals surface area contributed by atoms with Crippen LogP contribution in [0.3, 0.4) is 0 Å². The number of alkyl halides is 1. The molecule has 0 bridgehead atoms. The zero-order valence-electron chi connectivity index (χ0n) is 7.80. The Bertz CT molecular complexity index is 318. The van der Waals surface area contributed by atoms with Crippen LogP contribution in [0.1, 0.15) is 31.2 Å². The van der Waals surface area contributed by atoms with Gasteiger partial charge in [-0.3, -0.25) is 0 Å². The third kappa shape index (κ3) is 1.88. The molecule has 0 amide bonds. The highest BCUT2D eigenvalue weighted by Gasteiger charge is 2.37. The Kier molecular flexibility index (Phi) is 2.96. The van der Waals surface area contributed by atoms with Gasteiger partial charge in [0, 0.05) is 21.5 Å². The van der Waals surface area contributed by atoms with Crippen LogP contribution in [0.5, 0.6) is 0 Å². The molecule has 0 aliphatic heterocycles. The monoisotopic (exact) mass is 277 g/mol. The molecule has 0 saturated heterocycles. The minimum absolute atomic E-state index is 0.191. The van der Waals surface area contributed by atoms with Crippen LogP contribution in [0.4, 0.5) is 4.39 Å². The van der Waals surface area contributed by atoms with Gasteiger partial charge >= 0.3 is 0 Å². The summed E-state index contributed by atoms with van der Waals surface area (Å²) >= 11 is 4.93. The van der Waals surface area contributed by atoms with Gasteiger partial charge in [-0.05, 0) is 47.0 Å². The van der Waals surface area contributed by atoms with Crippen LogP contribution in [-0.4, -0.2) is 6.04 Å². The van der Waals surface area contributed by atoms with Gasteiger partial charge in [-0.25, -0.2) is 4.39 Å². The first-order chi connectivity index (χ1) is 6.62. The highest BCUT2D eigenvalue weighted by Crippen LogP contribution is 2.44. The topological polar surface area (TPSA) is 26.0 Å². The summed E-state index contributed by atoms with van der Waals surface area (Å²) in [6.45, 7) is 0. The van der Waals surface area contributed by atoms with Crippen LogP contribution in [0, 0.1) is 0 Å². The molecule has 78 valence electrons. The van der Waals surface area contributed by atoms with Crippen molar-refractivity contribution in [2.45, 2.75) is 37.4 Å². The number of rotatable bonds is 1. The maximum absolute atomic E-state index is 14.5. The Morgan fingerprint density at radius 1 is 1.43 bits per heavy atom. The van der Waals surface area contributed by atoms with Crippen molar-refractivity contribution in [1.82, 2.24) is 0 Å². The second-order valence-corrected chi connectivity index (χ2v) is 5.53. The molecule has 0 aromatic carbocycles. The lowest BCUT2D eigenvalue weighted by molar-refractivity contribution is 0.0976. The molecule has 1 fully saturated rings. The van der Waals surface area contributed by atoms with Crippen LogP contribution in [0.25, 0.3) is 0 Å². The molecular formula is C10H13BrFNS. The quantitative estimate of drug-likeness (QED) is 0.835. The Morgan fingerprint density at radius 3 is 2.57 bits per heavy atom. The lowest BCUT2D eigenvalue weighted by atomic mass is 9.80. The van der Waals surface area contributed by atoms with E-state index in [4.69, 9.17) is 5.73 Å². The van der Waals surface area contributed by atoms with Gasteiger partial charge in [0.1, 0.15) is 5.67 Å². The predicted octanol–water partition coefficient (Wildman–Crippen LogP) is 3.58. The van der Waals surface area contributed by atoms with Crippen LogP contribution in [-0.2, 0) is 5.67 Å². The molecule has 0 spiro atoms. The molecule has 1 heterocycles. The van der Waals surface area contributed by atoms with Crippen LogP contribution in [0.15, 0.2) is 15.2 Å². The maximum atomic E-state index is 14.5. The van der Waals surface area contributed by atoms with Crippen LogP contribution >= 0.6 is 27.3 Å². The lowest BCUT2D eigenvalue weighted by Gasteiger charge is -2.32. The third-order valence-electron chi connectivity index (χ3n) is 2.92. The van der Waals surface area contributed by atoms with Gasteiger partial charge in [-0.1, -0.05) is 0 Å². The second-order valence-electron chi connectivity index (χ2n) is 3.94. The van der Waals surface area contributed by atoms with E-state index in [1.54, 1.807) is 11.3 Å². The number of nitrogens with two attached hydrogens (primary N) is 1. The predicted molar refractivity (Wildman–Crippen MR) is 61.2 cm³/mol. The van der Waals surface area contributed by atoms with Crippen molar-refractivity contribution in [1.29, 1.82) is 0 Å². The standard InChI is InChI=1S/C10H13BrFNS/c11-9-6-14-5-8(9)10(12)3-1-7(13)2-4-10/h5-7H,1-4,13H2. The Hall–Kier alpha value is 0.0700. The van der Waals surface area contributed by atoms with Crippen molar-refractivity contribution in [3.8, 4) is 0 Å². The highest BCUT2D eigenvalue weighted by molar-refractivity contribution is 9.10. The second kappa shape index (κ2) is 3.91. The smallest absolute Gasteiger partial charge is 0.138 e. The zero-order chi connectivity index (χ0) is 10.2. The molecule has 1 aliphatic rings. The van der Waals surface area contributed by atoms with E-state index in [1.807, 2.05) is 10.8 Å². The highest BCUT2D eigenvalue weighted by atomic mass is 79.9. The summed E-state index contributed by atoms with van der Waals surface area (Å²) in [5.41, 5.74) is 5.44. The summed E-state index contributed by atoms with van der Waals surface area (Å²) in [6, 6.07) is 0.191. The molecule has 0 radical (unpaired) electrons. The average molecular weight is 278 g/mol. The molecule has 1 aliphatic carbocycles. The van der Waals surface area contributed by atoms with Gasteiger partial charge < -0.3 is 5.73 Å². The van der Waals surface area contributed by atoms with E-state index in [9.17, 15) is 4.39 Å². The summed E-state index contributed by atoms with van der Waals surface area (Å²) in [7, 11) is 0. The van der Waals surface area contributed by atoms with Gasteiger partial charge in [-0.2, -0.15) is 11.3 Å². The fraction of sp³-hybridized carbons (Fsp3) is 0.600. The minimum atomic E-state index is -1.14. The lowest BCUT2D eigenvalue weighted by Crippen LogP contribution is -2.33. The fourth-order valence-electron chi connectivity index (χ4n) is 1.97. The largest absolute Gasteiger partial charge is 0.328 e. The summed E-state index contributed by atoms with van der Waals surface area (Å²) in [6.07, 6.45) is 2.70. The maximum Gasteiger partial charge on any atom is 0.138 e. The molecule has 1 aromatic rings. The number of halogens is 2. The Balaban J connectivity index is 2.21. The van der Waals surface area contributed by atoms with Crippen molar-refractivity contribution in [2.24, 2.45) is 5.73 Å². The molecule has 1 nitrogen and oxygen atoms in total. The summed E-state index contributed by atoms with van der Waals surface area (Å²) in [5, 5.41) is 3.84. The molecule has 0 unspecified atom stereocenters. The van der Waals surface area contributed by atoms with E-state index in [0.29, 0.717) is 12.8 Å². The molecule has 1 aromatic heterocycles. The molecular weight excluding hydrogens is 265 g/mol. The number of hydrogen-bond donors (Lipinski definition) is 1. The molecule has 2 N–H and O–H groups in total. The van der Waals surface area contributed by atoms with E-state index in [-0.39, 0.29) is 6.04 Å². The number of thiophene rings is 1. The van der Waals surface area contributed by atoms with E-state index >= 15 is 0 Å².